The van der Waals surface area contributed by atoms with Crippen LogP contribution in [0.3, 0.4) is 0 Å². The van der Waals surface area contributed by atoms with Gasteiger partial charge in [-0.3, -0.25) is 10.1 Å². The summed E-state index contributed by atoms with van der Waals surface area (Å²) in [7, 11) is 0. The van der Waals surface area contributed by atoms with Crippen LogP contribution in [-0.2, 0) is 0 Å². The first-order chi connectivity index (χ1) is 11.0. The van der Waals surface area contributed by atoms with Crippen molar-refractivity contribution in [3.63, 3.8) is 0 Å². The topological polar surface area (TPSA) is 99.5 Å². The molecule has 2 atom stereocenters. The van der Waals surface area contributed by atoms with E-state index in [1.165, 1.54) is 11.0 Å². The fourth-order valence-corrected chi connectivity index (χ4v) is 3.65. The van der Waals surface area contributed by atoms with Gasteiger partial charge in [-0.2, -0.15) is 0 Å². The van der Waals surface area contributed by atoms with E-state index in [1.54, 1.807) is 12.1 Å². The number of nitrogens with one attached hydrogen (secondary N) is 1. The zero-order valence-electron chi connectivity index (χ0n) is 12.9. The normalized spacial score (nSPS) is 20.7. The van der Waals surface area contributed by atoms with Crippen molar-refractivity contribution in [3.05, 3.63) is 40.1 Å². The number of fused-ring (bicyclic) bond motifs is 1. The lowest BCUT2D eigenvalue weighted by atomic mass is 9.96. The van der Waals surface area contributed by atoms with Gasteiger partial charge in [-0.25, -0.2) is 4.79 Å². The maximum absolute atomic E-state index is 11.3. The number of rotatable bonds is 4. The van der Waals surface area contributed by atoms with E-state index in [0.29, 0.717) is 6.54 Å². The molecule has 0 aliphatic heterocycles. The summed E-state index contributed by atoms with van der Waals surface area (Å²) in [6, 6.07) is 4.83. The number of hydrogen-bond acceptors (Lipinski definition) is 3. The number of nitrogens with zero attached hydrogens (tertiary/aromatic N) is 2. The Morgan fingerprint density at radius 2 is 2.26 bits per heavy atom. The van der Waals surface area contributed by atoms with Crippen molar-refractivity contribution in [2.75, 3.05) is 6.54 Å². The summed E-state index contributed by atoms with van der Waals surface area (Å²) in [4.78, 5) is 26.5. The molecule has 1 aromatic heterocycles. The van der Waals surface area contributed by atoms with Crippen LogP contribution in [0.15, 0.2) is 24.4 Å². The molecule has 1 fully saturated rings. The summed E-state index contributed by atoms with van der Waals surface area (Å²) in [5.74, 6) is 0.226. The minimum atomic E-state index is -0.882. The number of non-ortho nitro benzene ring substituents is 1. The largest absolute Gasteiger partial charge is 0.465 e. The van der Waals surface area contributed by atoms with E-state index in [4.69, 9.17) is 0 Å². The smallest absolute Gasteiger partial charge is 0.407 e. The molecular formula is C16H19N3O4. The molecule has 122 valence electrons. The summed E-state index contributed by atoms with van der Waals surface area (Å²) in [5, 5.41) is 21.1. The molecule has 0 bridgehead atoms. The maximum Gasteiger partial charge on any atom is 0.407 e. The van der Waals surface area contributed by atoms with Crippen molar-refractivity contribution in [1.82, 2.24) is 9.88 Å². The van der Waals surface area contributed by atoms with Gasteiger partial charge in [-0.15, -0.1) is 0 Å². The zero-order chi connectivity index (χ0) is 16.6. The van der Waals surface area contributed by atoms with Crippen LogP contribution in [0.1, 0.15) is 37.7 Å². The van der Waals surface area contributed by atoms with Crippen molar-refractivity contribution in [2.45, 2.75) is 38.1 Å². The average molecular weight is 317 g/mol. The number of nitro benzene ring substituents is 1. The van der Waals surface area contributed by atoms with Crippen LogP contribution in [-0.4, -0.2) is 38.6 Å². The van der Waals surface area contributed by atoms with Gasteiger partial charge in [-0.05, 0) is 43.7 Å². The molecule has 1 aliphatic rings. The first-order valence-electron chi connectivity index (χ1n) is 7.76. The number of carbonyl (C=O) groups is 1. The number of hydrogen-bond donors (Lipinski definition) is 2. The summed E-state index contributed by atoms with van der Waals surface area (Å²) in [6.45, 7) is 2.32. The predicted molar refractivity (Wildman–Crippen MR) is 85.7 cm³/mol. The summed E-state index contributed by atoms with van der Waals surface area (Å²) >= 11 is 0. The van der Waals surface area contributed by atoms with Crippen LogP contribution >= 0.6 is 0 Å². The number of H-pyrrole nitrogens is 1. The third-order valence-electron chi connectivity index (χ3n) is 4.78. The van der Waals surface area contributed by atoms with E-state index < -0.39 is 11.0 Å². The van der Waals surface area contributed by atoms with E-state index in [0.717, 1.165) is 35.7 Å². The van der Waals surface area contributed by atoms with E-state index in [2.05, 4.69) is 4.98 Å². The predicted octanol–water partition coefficient (Wildman–Crippen LogP) is 3.71. The number of carboxylic acid groups (broad SMARTS) is 1. The molecule has 0 saturated heterocycles. The Morgan fingerprint density at radius 1 is 1.48 bits per heavy atom. The molecule has 7 nitrogen and oxygen atoms in total. The van der Waals surface area contributed by atoms with Gasteiger partial charge in [0, 0.05) is 41.8 Å². The lowest BCUT2D eigenvalue weighted by Crippen LogP contribution is -2.37. The highest BCUT2D eigenvalue weighted by Crippen LogP contribution is 2.40. The minimum Gasteiger partial charge on any atom is -0.465 e. The Bertz CT molecular complexity index is 755. The molecule has 1 heterocycles. The maximum atomic E-state index is 11.3. The van der Waals surface area contributed by atoms with Crippen LogP contribution in [0.5, 0.6) is 0 Å². The van der Waals surface area contributed by atoms with Crippen LogP contribution in [0.25, 0.3) is 10.9 Å². The number of aromatic nitrogens is 1. The molecule has 2 N–H and O–H groups in total. The van der Waals surface area contributed by atoms with Gasteiger partial charge < -0.3 is 15.0 Å². The molecular weight excluding hydrogens is 298 g/mol. The van der Waals surface area contributed by atoms with Crippen LogP contribution in [0.2, 0.25) is 0 Å². The van der Waals surface area contributed by atoms with E-state index in [-0.39, 0.29) is 17.6 Å². The van der Waals surface area contributed by atoms with Gasteiger partial charge in [0.25, 0.3) is 5.69 Å². The molecule has 1 saturated carbocycles. The van der Waals surface area contributed by atoms with Crippen molar-refractivity contribution in [2.24, 2.45) is 0 Å². The fraction of sp³-hybridized carbons (Fsp3) is 0.438. The van der Waals surface area contributed by atoms with Crippen LogP contribution in [0.4, 0.5) is 10.5 Å². The average Bonchev–Trinajstić information content (AvgIpc) is 3.13. The minimum absolute atomic E-state index is 0.0196. The standard InChI is InChI=1S/C16H19N3O4/c1-2-18(16(20)21)11-4-3-10(7-11)14-9-17-15-6-5-12(19(22)23)8-13(14)15/h5-6,8-11,17H,2-4,7H2,1H3,(H,20,21). The monoisotopic (exact) mass is 317 g/mol. The third-order valence-corrected chi connectivity index (χ3v) is 4.78. The molecule has 1 amide bonds. The highest BCUT2D eigenvalue weighted by atomic mass is 16.6. The quantitative estimate of drug-likeness (QED) is 0.663. The van der Waals surface area contributed by atoms with E-state index in [1.807, 2.05) is 13.1 Å². The fourth-order valence-electron chi connectivity index (χ4n) is 3.65. The molecule has 0 radical (unpaired) electrons. The highest BCUT2D eigenvalue weighted by Gasteiger charge is 2.33. The lowest BCUT2D eigenvalue weighted by molar-refractivity contribution is -0.384. The zero-order valence-corrected chi connectivity index (χ0v) is 12.9. The Labute approximate surface area is 133 Å². The van der Waals surface area contributed by atoms with Gasteiger partial charge in [0.1, 0.15) is 0 Å². The number of amides is 1. The Kier molecular flexibility index (Phi) is 3.94. The molecule has 2 aromatic rings. The summed E-state index contributed by atoms with van der Waals surface area (Å²) in [6.07, 6.45) is 3.50. The Morgan fingerprint density at radius 3 is 2.91 bits per heavy atom. The van der Waals surface area contributed by atoms with Gasteiger partial charge >= 0.3 is 6.09 Å². The van der Waals surface area contributed by atoms with Crippen LogP contribution < -0.4 is 0 Å². The SMILES string of the molecule is CCN(C(=O)O)C1CCC(c2c[nH]c3ccc([N+](=O)[O-])cc23)C1. The number of aromatic amines is 1. The molecule has 0 spiro atoms. The molecule has 7 heteroatoms. The van der Waals surface area contributed by atoms with Crippen molar-refractivity contribution < 1.29 is 14.8 Å². The molecule has 3 rings (SSSR count). The first-order valence-corrected chi connectivity index (χ1v) is 7.76. The number of benzene rings is 1. The second-order valence-corrected chi connectivity index (χ2v) is 5.96. The lowest BCUT2D eigenvalue weighted by Gasteiger charge is -2.24. The Balaban J connectivity index is 1.88. The molecule has 1 aromatic carbocycles. The van der Waals surface area contributed by atoms with Crippen molar-refractivity contribution in [3.8, 4) is 0 Å². The third kappa shape index (κ3) is 2.74. The highest BCUT2D eigenvalue weighted by molar-refractivity contribution is 5.86. The van der Waals surface area contributed by atoms with Gasteiger partial charge in [-0.1, -0.05) is 0 Å². The van der Waals surface area contributed by atoms with E-state index in [9.17, 15) is 20.0 Å². The second kappa shape index (κ2) is 5.91. The van der Waals surface area contributed by atoms with Crippen molar-refractivity contribution >= 4 is 22.7 Å². The van der Waals surface area contributed by atoms with Gasteiger partial charge in [0.2, 0.25) is 0 Å². The second-order valence-electron chi connectivity index (χ2n) is 5.96. The first kappa shape index (κ1) is 15.3. The Hall–Kier alpha value is -2.57. The summed E-state index contributed by atoms with van der Waals surface area (Å²) in [5.41, 5.74) is 2.00. The van der Waals surface area contributed by atoms with Gasteiger partial charge in [0.05, 0.1) is 4.92 Å². The van der Waals surface area contributed by atoms with Gasteiger partial charge in [0.15, 0.2) is 0 Å². The summed E-state index contributed by atoms with van der Waals surface area (Å²) < 4.78 is 0. The van der Waals surface area contributed by atoms with E-state index >= 15 is 0 Å². The molecule has 23 heavy (non-hydrogen) atoms. The molecule has 2 unspecified atom stereocenters. The van der Waals surface area contributed by atoms with Crippen LogP contribution in [0, 0.1) is 10.1 Å². The number of nitro groups is 1. The van der Waals surface area contributed by atoms with Crippen molar-refractivity contribution in [1.29, 1.82) is 0 Å². The molecule has 1 aliphatic carbocycles.